The molecule has 1 saturated heterocycles. The van der Waals surface area contributed by atoms with Gasteiger partial charge >= 0.3 is 6.03 Å². The lowest BCUT2D eigenvalue weighted by Gasteiger charge is -2.19. The number of hydrogen-bond donors (Lipinski definition) is 2. The van der Waals surface area contributed by atoms with Gasteiger partial charge in [-0.2, -0.15) is 0 Å². The van der Waals surface area contributed by atoms with Gasteiger partial charge in [0.2, 0.25) is 5.91 Å². The van der Waals surface area contributed by atoms with Gasteiger partial charge < -0.3 is 15.1 Å². The van der Waals surface area contributed by atoms with E-state index < -0.39 is 35.7 Å². The van der Waals surface area contributed by atoms with Gasteiger partial charge in [-0.05, 0) is 32.0 Å². The molecule has 26 heavy (non-hydrogen) atoms. The predicted molar refractivity (Wildman–Crippen MR) is 89.3 cm³/mol. The number of carbonyl (C=O) groups excluding carboxylic acids is 3. The SMILES string of the molecule is Cc1ccc([C@@]2(C)NC(=O)N(CC(=O)NCc3ccccc3F)C2=O)o1. The lowest BCUT2D eigenvalue weighted by molar-refractivity contribution is -0.135. The molecule has 3 rings (SSSR count). The Morgan fingerprint density at radius 1 is 1.27 bits per heavy atom. The van der Waals surface area contributed by atoms with Crippen LogP contribution >= 0.6 is 0 Å². The van der Waals surface area contributed by atoms with Crippen molar-refractivity contribution in [1.29, 1.82) is 0 Å². The van der Waals surface area contributed by atoms with Crippen LogP contribution < -0.4 is 10.6 Å². The Hall–Kier alpha value is -3.16. The molecule has 0 saturated carbocycles. The second-order valence-electron chi connectivity index (χ2n) is 6.22. The van der Waals surface area contributed by atoms with Gasteiger partial charge in [-0.15, -0.1) is 0 Å². The molecule has 0 radical (unpaired) electrons. The first kappa shape index (κ1) is 17.7. The number of nitrogens with one attached hydrogen (secondary N) is 2. The van der Waals surface area contributed by atoms with Gasteiger partial charge in [0.15, 0.2) is 5.54 Å². The molecule has 136 valence electrons. The summed E-state index contributed by atoms with van der Waals surface area (Å²) in [5, 5.41) is 5.05. The van der Waals surface area contributed by atoms with Gasteiger partial charge in [0, 0.05) is 12.1 Å². The molecule has 0 spiro atoms. The molecule has 2 N–H and O–H groups in total. The number of hydrogen-bond acceptors (Lipinski definition) is 4. The minimum Gasteiger partial charge on any atom is -0.463 e. The first-order valence-corrected chi connectivity index (χ1v) is 8.02. The van der Waals surface area contributed by atoms with Crippen molar-refractivity contribution in [2.24, 2.45) is 0 Å². The van der Waals surface area contributed by atoms with Crippen molar-refractivity contribution < 1.29 is 23.2 Å². The number of amides is 4. The fourth-order valence-electron chi connectivity index (χ4n) is 2.75. The third-order valence-corrected chi connectivity index (χ3v) is 4.24. The van der Waals surface area contributed by atoms with E-state index in [0.717, 1.165) is 4.90 Å². The number of imide groups is 1. The molecule has 2 aromatic rings. The number of halogens is 1. The minimum absolute atomic E-state index is 0.0379. The van der Waals surface area contributed by atoms with E-state index in [1.807, 2.05) is 0 Å². The van der Waals surface area contributed by atoms with Gasteiger partial charge in [-0.25, -0.2) is 9.18 Å². The van der Waals surface area contributed by atoms with Crippen molar-refractivity contribution in [2.45, 2.75) is 25.9 Å². The van der Waals surface area contributed by atoms with Crippen LogP contribution in [0.25, 0.3) is 0 Å². The van der Waals surface area contributed by atoms with Crippen molar-refractivity contribution in [3.8, 4) is 0 Å². The lowest BCUT2D eigenvalue weighted by Crippen LogP contribution is -2.43. The lowest BCUT2D eigenvalue weighted by atomic mass is 9.99. The van der Waals surface area contributed by atoms with E-state index in [9.17, 15) is 18.8 Å². The molecule has 1 aromatic heterocycles. The zero-order valence-electron chi connectivity index (χ0n) is 14.3. The molecular weight excluding hydrogens is 341 g/mol. The molecule has 1 aliphatic rings. The van der Waals surface area contributed by atoms with E-state index in [1.54, 1.807) is 37.3 Å². The fourth-order valence-corrected chi connectivity index (χ4v) is 2.75. The van der Waals surface area contributed by atoms with Crippen LogP contribution in [-0.2, 0) is 21.7 Å². The van der Waals surface area contributed by atoms with Crippen LogP contribution in [0.3, 0.4) is 0 Å². The van der Waals surface area contributed by atoms with E-state index in [2.05, 4.69) is 10.6 Å². The molecule has 1 fully saturated rings. The van der Waals surface area contributed by atoms with Crippen LogP contribution in [-0.4, -0.2) is 29.3 Å². The van der Waals surface area contributed by atoms with Crippen molar-refractivity contribution in [1.82, 2.24) is 15.5 Å². The van der Waals surface area contributed by atoms with Crippen LogP contribution in [0.5, 0.6) is 0 Å². The van der Waals surface area contributed by atoms with Crippen LogP contribution in [0.4, 0.5) is 9.18 Å². The highest BCUT2D eigenvalue weighted by molar-refractivity contribution is 6.08. The standard InChI is InChI=1S/C18H18FN3O4/c1-11-7-8-14(26-11)18(2)16(24)22(17(25)21-18)10-15(23)20-9-12-5-3-4-6-13(12)19/h3-8H,9-10H2,1-2H3,(H,20,23)(H,21,25)/t18-/m1/s1. The van der Waals surface area contributed by atoms with Crippen LogP contribution in [0.1, 0.15) is 24.0 Å². The average molecular weight is 359 g/mol. The molecule has 0 aliphatic carbocycles. The second kappa shape index (κ2) is 6.62. The molecule has 2 heterocycles. The smallest absolute Gasteiger partial charge is 0.325 e. The monoisotopic (exact) mass is 359 g/mol. The van der Waals surface area contributed by atoms with Gasteiger partial charge in [-0.1, -0.05) is 18.2 Å². The molecule has 8 heteroatoms. The van der Waals surface area contributed by atoms with Gasteiger partial charge in [0.05, 0.1) is 0 Å². The topological polar surface area (TPSA) is 91.7 Å². The van der Waals surface area contributed by atoms with E-state index in [1.165, 1.54) is 13.0 Å². The summed E-state index contributed by atoms with van der Waals surface area (Å²) >= 11 is 0. The van der Waals surface area contributed by atoms with Gasteiger partial charge in [0.25, 0.3) is 5.91 Å². The van der Waals surface area contributed by atoms with E-state index in [-0.39, 0.29) is 6.54 Å². The van der Waals surface area contributed by atoms with E-state index >= 15 is 0 Å². The molecule has 1 aliphatic heterocycles. The number of nitrogens with zero attached hydrogens (tertiary/aromatic N) is 1. The molecule has 1 atom stereocenters. The normalized spacial score (nSPS) is 19.6. The van der Waals surface area contributed by atoms with Crippen LogP contribution in [0.2, 0.25) is 0 Å². The zero-order valence-corrected chi connectivity index (χ0v) is 14.3. The summed E-state index contributed by atoms with van der Waals surface area (Å²) in [5.41, 5.74) is -1.05. The maximum absolute atomic E-state index is 13.6. The Bertz CT molecular complexity index is 879. The van der Waals surface area contributed by atoms with Gasteiger partial charge in [-0.3, -0.25) is 14.5 Å². The van der Waals surface area contributed by atoms with Crippen molar-refractivity contribution in [2.75, 3.05) is 6.54 Å². The first-order chi connectivity index (χ1) is 12.3. The average Bonchev–Trinajstić information content (AvgIpc) is 3.12. The number of benzene rings is 1. The third-order valence-electron chi connectivity index (χ3n) is 4.24. The largest absolute Gasteiger partial charge is 0.463 e. The summed E-state index contributed by atoms with van der Waals surface area (Å²) in [6.45, 7) is 2.74. The summed E-state index contributed by atoms with van der Waals surface area (Å²) in [6, 6.07) is 8.63. The third kappa shape index (κ3) is 3.17. The molecule has 7 nitrogen and oxygen atoms in total. The summed E-state index contributed by atoms with van der Waals surface area (Å²) in [7, 11) is 0. The Labute approximate surface area is 149 Å². The Balaban J connectivity index is 1.66. The summed E-state index contributed by atoms with van der Waals surface area (Å²) < 4.78 is 19.0. The van der Waals surface area contributed by atoms with Crippen molar-refractivity contribution >= 4 is 17.8 Å². The van der Waals surface area contributed by atoms with Gasteiger partial charge in [0.1, 0.15) is 23.9 Å². The van der Waals surface area contributed by atoms with Crippen LogP contribution in [0, 0.1) is 12.7 Å². The number of urea groups is 1. The number of furan rings is 1. The molecule has 0 bridgehead atoms. The Kier molecular flexibility index (Phi) is 4.50. The Morgan fingerprint density at radius 2 is 2.00 bits per heavy atom. The minimum atomic E-state index is -1.36. The highest BCUT2D eigenvalue weighted by Gasteiger charge is 2.51. The summed E-state index contributed by atoms with van der Waals surface area (Å²) in [5.74, 6) is -0.704. The maximum atomic E-state index is 13.6. The molecule has 4 amide bonds. The molecule has 1 aromatic carbocycles. The maximum Gasteiger partial charge on any atom is 0.325 e. The first-order valence-electron chi connectivity index (χ1n) is 8.02. The van der Waals surface area contributed by atoms with Crippen LogP contribution in [0.15, 0.2) is 40.8 Å². The highest BCUT2D eigenvalue weighted by Crippen LogP contribution is 2.29. The van der Waals surface area contributed by atoms with E-state index in [0.29, 0.717) is 17.1 Å². The highest BCUT2D eigenvalue weighted by atomic mass is 19.1. The molecule has 0 unspecified atom stereocenters. The number of aryl methyl sites for hydroxylation is 1. The number of rotatable bonds is 5. The zero-order chi connectivity index (χ0) is 18.9. The quantitative estimate of drug-likeness (QED) is 0.797. The second-order valence-corrected chi connectivity index (χ2v) is 6.22. The van der Waals surface area contributed by atoms with Crippen molar-refractivity contribution in [3.63, 3.8) is 0 Å². The summed E-state index contributed by atoms with van der Waals surface area (Å²) in [4.78, 5) is 37.7. The fraction of sp³-hybridized carbons (Fsp3) is 0.278. The Morgan fingerprint density at radius 3 is 2.65 bits per heavy atom. The predicted octanol–water partition coefficient (Wildman–Crippen LogP) is 1.81. The van der Waals surface area contributed by atoms with E-state index in [4.69, 9.17) is 4.42 Å². The number of carbonyl (C=O) groups is 3. The van der Waals surface area contributed by atoms with Crippen molar-refractivity contribution in [3.05, 3.63) is 59.3 Å². The molecular formula is C18H18FN3O4. The summed E-state index contributed by atoms with van der Waals surface area (Å²) in [6.07, 6.45) is 0.